The Hall–Kier alpha value is -1.35. The van der Waals surface area contributed by atoms with Crippen molar-refractivity contribution in [1.29, 1.82) is 0 Å². The van der Waals surface area contributed by atoms with Gasteiger partial charge in [-0.15, -0.1) is 0 Å². The van der Waals surface area contributed by atoms with Crippen LogP contribution in [-0.4, -0.2) is 17.6 Å². The summed E-state index contributed by atoms with van der Waals surface area (Å²) in [6, 6.07) is 6.94. The molecule has 0 bridgehead atoms. The van der Waals surface area contributed by atoms with E-state index >= 15 is 0 Å². The van der Waals surface area contributed by atoms with Gasteiger partial charge in [0.15, 0.2) is 11.5 Å². The van der Waals surface area contributed by atoms with Crippen LogP contribution in [0.5, 0.6) is 0 Å². The summed E-state index contributed by atoms with van der Waals surface area (Å²) in [4.78, 5) is 4.67. The largest absolute Gasteiger partial charge is 0.441 e. The van der Waals surface area contributed by atoms with Gasteiger partial charge in [0.25, 0.3) is 0 Å². The highest BCUT2D eigenvalue weighted by Gasteiger charge is 2.16. The van der Waals surface area contributed by atoms with Crippen LogP contribution in [0.4, 0.5) is 0 Å². The molecule has 0 saturated carbocycles. The summed E-state index contributed by atoms with van der Waals surface area (Å²) in [7, 11) is 0. The van der Waals surface area contributed by atoms with Crippen LogP contribution in [0.25, 0.3) is 11.1 Å². The zero-order valence-corrected chi connectivity index (χ0v) is 12.5. The standard InChI is InChI=1S/C17H24N2O/c1-12(2)9-13-6-7-16-15(10-13)19-17(20-16)11-14-5-3-4-8-18-14/h6-7,10,12,14,18H,3-5,8-9,11H2,1-2H3. The van der Waals surface area contributed by atoms with Crippen molar-refractivity contribution >= 4 is 11.1 Å². The maximum atomic E-state index is 5.88. The van der Waals surface area contributed by atoms with Crippen LogP contribution in [0.3, 0.4) is 0 Å². The molecule has 108 valence electrons. The van der Waals surface area contributed by atoms with Crippen LogP contribution in [0.1, 0.15) is 44.6 Å². The zero-order chi connectivity index (χ0) is 13.9. The van der Waals surface area contributed by atoms with Crippen LogP contribution < -0.4 is 5.32 Å². The summed E-state index contributed by atoms with van der Waals surface area (Å²) < 4.78 is 5.88. The van der Waals surface area contributed by atoms with Gasteiger partial charge in [0.05, 0.1) is 0 Å². The minimum Gasteiger partial charge on any atom is -0.441 e. The molecule has 3 nitrogen and oxygen atoms in total. The molecule has 20 heavy (non-hydrogen) atoms. The Kier molecular flexibility index (Phi) is 4.06. The molecule has 1 aromatic heterocycles. The van der Waals surface area contributed by atoms with Gasteiger partial charge in [-0.2, -0.15) is 0 Å². The van der Waals surface area contributed by atoms with Crippen LogP contribution in [0, 0.1) is 5.92 Å². The van der Waals surface area contributed by atoms with E-state index in [4.69, 9.17) is 4.42 Å². The molecular weight excluding hydrogens is 248 g/mol. The Labute approximate surface area is 120 Å². The molecule has 3 heteroatoms. The molecule has 1 fully saturated rings. The van der Waals surface area contributed by atoms with E-state index in [0.717, 1.165) is 36.4 Å². The Bertz CT molecular complexity index is 567. The average Bonchev–Trinajstić information content (AvgIpc) is 2.80. The molecule has 1 saturated heterocycles. The fourth-order valence-electron chi connectivity index (χ4n) is 3.02. The molecule has 0 aliphatic carbocycles. The highest BCUT2D eigenvalue weighted by Crippen LogP contribution is 2.21. The second kappa shape index (κ2) is 5.96. The molecule has 3 rings (SSSR count). The molecule has 1 atom stereocenters. The Morgan fingerprint density at radius 2 is 2.25 bits per heavy atom. The third-order valence-corrected chi connectivity index (χ3v) is 3.97. The van der Waals surface area contributed by atoms with E-state index in [1.807, 2.05) is 0 Å². The lowest BCUT2D eigenvalue weighted by molar-refractivity contribution is 0.372. The van der Waals surface area contributed by atoms with Crippen molar-refractivity contribution in [3.63, 3.8) is 0 Å². The van der Waals surface area contributed by atoms with Gasteiger partial charge in [0.1, 0.15) is 5.52 Å². The zero-order valence-electron chi connectivity index (χ0n) is 12.5. The third-order valence-electron chi connectivity index (χ3n) is 3.97. The Morgan fingerprint density at radius 3 is 3.00 bits per heavy atom. The average molecular weight is 272 g/mol. The van der Waals surface area contributed by atoms with Gasteiger partial charge >= 0.3 is 0 Å². The number of nitrogens with zero attached hydrogens (tertiary/aromatic N) is 1. The fraction of sp³-hybridized carbons (Fsp3) is 0.588. The number of nitrogens with one attached hydrogen (secondary N) is 1. The van der Waals surface area contributed by atoms with Crippen molar-refractivity contribution in [2.24, 2.45) is 5.92 Å². The Morgan fingerprint density at radius 1 is 1.35 bits per heavy atom. The lowest BCUT2D eigenvalue weighted by atomic mass is 10.0. The lowest BCUT2D eigenvalue weighted by Crippen LogP contribution is -2.35. The van der Waals surface area contributed by atoms with Crippen LogP contribution in [0.15, 0.2) is 22.6 Å². The lowest BCUT2D eigenvalue weighted by Gasteiger charge is -2.21. The molecule has 0 spiro atoms. The predicted octanol–water partition coefficient (Wildman–Crippen LogP) is 3.71. The monoisotopic (exact) mass is 272 g/mol. The molecule has 1 N–H and O–H groups in total. The van der Waals surface area contributed by atoms with Gasteiger partial charge in [0, 0.05) is 12.5 Å². The van der Waals surface area contributed by atoms with E-state index in [2.05, 4.69) is 42.3 Å². The molecule has 1 aliphatic rings. The summed E-state index contributed by atoms with van der Waals surface area (Å²) in [5, 5.41) is 3.55. The molecular formula is C17H24N2O. The first-order chi connectivity index (χ1) is 9.70. The van der Waals surface area contributed by atoms with E-state index in [-0.39, 0.29) is 0 Å². The van der Waals surface area contributed by atoms with Crippen LogP contribution in [-0.2, 0) is 12.8 Å². The predicted molar refractivity (Wildman–Crippen MR) is 81.9 cm³/mol. The molecule has 1 aromatic carbocycles. The van der Waals surface area contributed by atoms with Gasteiger partial charge in [-0.05, 0) is 49.4 Å². The summed E-state index contributed by atoms with van der Waals surface area (Å²) in [6.07, 6.45) is 5.85. The summed E-state index contributed by atoms with van der Waals surface area (Å²) in [5.74, 6) is 1.55. The highest BCUT2D eigenvalue weighted by atomic mass is 16.3. The van der Waals surface area contributed by atoms with Crippen molar-refractivity contribution in [1.82, 2.24) is 10.3 Å². The molecule has 0 radical (unpaired) electrons. The first-order valence-corrected chi connectivity index (χ1v) is 7.82. The van der Waals surface area contributed by atoms with Gasteiger partial charge in [-0.25, -0.2) is 4.98 Å². The number of hydrogen-bond donors (Lipinski definition) is 1. The molecule has 1 unspecified atom stereocenters. The number of benzene rings is 1. The number of aromatic nitrogens is 1. The number of hydrogen-bond acceptors (Lipinski definition) is 3. The van der Waals surface area contributed by atoms with E-state index < -0.39 is 0 Å². The normalized spacial score (nSPS) is 19.9. The fourth-order valence-corrected chi connectivity index (χ4v) is 3.02. The molecule has 0 amide bonds. The summed E-state index contributed by atoms with van der Waals surface area (Å²) >= 11 is 0. The first-order valence-electron chi connectivity index (χ1n) is 7.82. The van der Waals surface area contributed by atoms with Crippen molar-refractivity contribution < 1.29 is 4.42 Å². The smallest absolute Gasteiger partial charge is 0.197 e. The molecule has 1 aliphatic heterocycles. The van der Waals surface area contributed by atoms with Crippen LogP contribution in [0.2, 0.25) is 0 Å². The van der Waals surface area contributed by atoms with Crippen molar-refractivity contribution in [3.8, 4) is 0 Å². The van der Waals surface area contributed by atoms with Gasteiger partial charge in [-0.3, -0.25) is 0 Å². The van der Waals surface area contributed by atoms with Crippen molar-refractivity contribution in [2.45, 2.75) is 52.0 Å². The minimum atomic E-state index is 0.534. The summed E-state index contributed by atoms with van der Waals surface area (Å²) in [5.41, 5.74) is 3.28. The van der Waals surface area contributed by atoms with E-state index in [0.29, 0.717) is 12.0 Å². The number of oxazole rings is 1. The maximum absolute atomic E-state index is 5.88. The van der Waals surface area contributed by atoms with E-state index in [9.17, 15) is 0 Å². The second-order valence-corrected chi connectivity index (χ2v) is 6.36. The Balaban J connectivity index is 1.75. The molecule has 2 heterocycles. The minimum absolute atomic E-state index is 0.534. The second-order valence-electron chi connectivity index (χ2n) is 6.36. The third kappa shape index (κ3) is 3.21. The van der Waals surface area contributed by atoms with Crippen molar-refractivity contribution in [2.75, 3.05) is 6.54 Å². The number of piperidine rings is 1. The number of rotatable bonds is 4. The first kappa shape index (κ1) is 13.6. The van der Waals surface area contributed by atoms with Gasteiger partial charge in [-0.1, -0.05) is 26.3 Å². The summed E-state index contributed by atoms with van der Waals surface area (Å²) in [6.45, 7) is 5.61. The molecule has 2 aromatic rings. The van der Waals surface area contributed by atoms with Gasteiger partial charge < -0.3 is 9.73 Å². The highest BCUT2D eigenvalue weighted by molar-refractivity contribution is 5.73. The van der Waals surface area contributed by atoms with Gasteiger partial charge in [0.2, 0.25) is 0 Å². The quantitative estimate of drug-likeness (QED) is 0.922. The van der Waals surface area contributed by atoms with Crippen molar-refractivity contribution in [3.05, 3.63) is 29.7 Å². The van der Waals surface area contributed by atoms with E-state index in [1.165, 1.54) is 24.8 Å². The van der Waals surface area contributed by atoms with E-state index in [1.54, 1.807) is 0 Å². The van der Waals surface area contributed by atoms with Crippen LogP contribution >= 0.6 is 0 Å². The SMILES string of the molecule is CC(C)Cc1ccc2oc(CC3CCCCN3)nc2c1. The topological polar surface area (TPSA) is 38.1 Å². The maximum Gasteiger partial charge on any atom is 0.197 e. The number of fused-ring (bicyclic) bond motifs is 1.